The number of rotatable bonds is 8. The zero-order valence-corrected chi connectivity index (χ0v) is 18.9. The summed E-state index contributed by atoms with van der Waals surface area (Å²) >= 11 is 3.69. The zero-order chi connectivity index (χ0) is 20.1. The van der Waals surface area contributed by atoms with E-state index >= 15 is 0 Å². The summed E-state index contributed by atoms with van der Waals surface area (Å²) < 4.78 is 12.8. The van der Waals surface area contributed by atoms with Crippen molar-refractivity contribution in [2.75, 3.05) is 7.11 Å². The molecule has 148 valence electrons. The normalized spacial score (nSPS) is 12.1. The van der Waals surface area contributed by atoms with Crippen molar-refractivity contribution in [3.63, 3.8) is 0 Å². The molecule has 2 aromatic carbocycles. The minimum absolute atomic E-state index is 0.0114. The van der Waals surface area contributed by atoms with Crippen molar-refractivity contribution in [3.8, 4) is 11.5 Å². The first-order chi connectivity index (χ1) is 12.6. The van der Waals surface area contributed by atoms with E-state index in [2.05, 4.69) is 68.0 Å². The van der Waals surface area contributed by atoms with Gasteiger partial charge in [0.15, 0.2) is 11.5 Å². The second-order valence-electron chi connectivity index (χ2n) is 8.81. The Morgan fingerprint density at radius 1 is 0.963 bits per heavy atom. The quantitative estimate of drug-likeness (QED) is 0.526. The maximum atomic E-state index is 6.20. The van der Waals surface area contributed by atoms with Crippen LogP contribution in [0.5, 0.6) is 11.5 Å². The van der Waals surface area contributed by atoms with Crippen LogP contribution in [0.1, 0.15) is 52.2 Å². The average molecular weight is 434 g/mol. The van der Waals surface area contributed by atoms with E-state index in [1.165, 1.54) is 0 Å². The van der Waals surface area contributed by atoms with Gasteiger partial charge in [-0.2, -0.15) is 0 Å². The number of methoxy groups -OCH3 is 1. The third kappa shape index (κ3) is 6.86. The van der Waals surface area contributed by atoms with Gasteiger partial charge in [0.1, 0.15) is 6.61 Å². The van der Waals surface area contributed by atoms with Gasteiger partial charge in [0.2, 0.25) is 0 Å². The Labute approximate surface area is 172 Å². The molecule has 4 heteroatoms. The van der Waals surface area contributed by atoms with Gasteiger partial charge in [-0.05, 0) is 43.4 Å². The number of hydrogen-bond acceptors (Lipinski definition) is 3. The Morgan fingerprint density at radius 3 is 2.22 bits per heavy atom. The number of ether oxygens (including phenoxy) is 2. The third-order valence-electron chi connectivity index (χ3n) is 4.33. The molecule has 0 amide bonds. The molecule has 2 rings (SSSR count). The van der Waals surface area contributed by atoms with Gasteiger partial charge >= 0.3 is 0 Å². The molecule has 0 atom stereocenters. The van der Waals surface area contributed by atoms with Gasteiger partial charge in [-0.3, -0.25) is 0 Å². The summed E-state index contributed by atoms with van der Waals surface area (Å²) in [6, 6.07) is 14.1. The standard InChI is InChI=1S/C23H32BrNO2/c1-22(2,3)16-23(4,5)25-14-18-19(24)12-13-20(26-6)21(18)27-15-17-10-8-7-9-11-17/h7-13,25H,14-16H2,1-6H3. The van der Waals surface area contributed by atoms with Crippen molar-refractivity contribution >= 4 is 15.9 Å². The van der Waals surface area contributed by atoms with E-state index in [0.717, 1.165) is 33.5 Å². The van der Waals surface area contributed by atoms with E-state index in [1.54, 1.807) is 7.11 Å². The number of benzene rings is 2. The molecule has 0 aromatic heterocycles. The van der Waals surface area contributed by atoms with Crippen LogP contribution in [0.25, 0.3) is 0 Å². The lowest BCUT2D eigenvalue weighted by molar-refractivity contribution is 0.237. The van der Waals surface area contributed by atoms with Crippen molar-refractivity contribution in [1.82, 2.24) is 5.32 Å². The van der Waals surface area contributed by atoms with Crippen LogP contribution in [0, 0.1) is 5.41 Å². The molecule has 0 unspecified atom stereocenters. The lowest BCUT2D eigenvalue weighted by atomic mass is 9.81. The van der Waals surface area contributed by atoms with Gasteiger partial charge in [-0.25, -0.2) is 0 Å². The Bertz CT molecular complexity index is 736. The maximum absolute atomic E-state index is 6.20. The van der Waals surface area contributed by atoms with Crippen molar-refractivity contribution in [1.29, 1.82) is 0 Å². The van der Waals surface area contributed by atoms with Crippen LogP contribution in [-0.4, -0.2) is 12.6 Å². The molecule has 1 N–H and O–H groups in total. The molecule has 0 aliphatic carbocycles. The first-order valence-corrected chi connectivity index (χ1v) is 10.2. The van der Waals surface area contributed by atoms with E-state index in [1.807, 2.05) is 30.3 Å². The zero-order valence-electron chi connectivity index (χ0n) is 17.4. The monoisotopic (exact) mass is 433 g/mol. The molecule has 0 heterocycles. The van der Waals surface area contributed by atoms with Crippen molar-refractivity contribution < 1.29 is 9.47 Å². The van der Waals surface area contributed by atoms with E-state index in [0.29, 0.717) is 13.2 Å². The lowest BCUT2D eigenvalue weighted by Gasteiger charge is -2.34. The molecule has 0 aliphatic rings. The Hall–Kier alpha value is -1.52. The molecule has 0 bridgehead atoms. The molecule has 27 heavy (non-hydrogen) atoms. The van der Waals surface area contributed by atoms with Crippen LogP contribution in [0.3, 0.4) is 0 Å². The van der Waals surface area contributed by atoms with Crippen LogP contribution in [0.15, 0.2) is 46.9 Å². The maximum Gasteiger partial charge on any atom is 0.167 e. The van der Waals surface area contributed by atoms with E-state index in [-0.39, 0.29) is 11.0 Å². The summed E-state index contributed by atoms with van der Waals surface area (Å²) in [5.74, 6) is 1.54. The van der Waals surface area contributed by atoms with E-state index in [4.69, 9.17) is 9.47 Å². The first kappa shape index (κ1) is 21.8. The van der Waals surface area contributed by atoms with Crippen LogP contribution >= 0.6 is 15.9 Å². The highest BCUT2D eigenvalue weighted by atomic mass is 79.9. The van der Waals surface area contributed by atoms with Crippen molar-refractivity contribution in [2.45, 2.75) is 59.7 Å². The van der Waals surface area contributed by atoms with Crippen molar-refractivity contribution in [2.24, 2.45) is 5.41 Å². The van der Waals surface area contributed by atoms with Gasteiger partial charge in [0, 0.05) is 22.1 Å². The minimum Gasteiger partial charge on any atom is -0.493 e. The third-order valence-corrected chi connectivity index (χ3v) is 5.07. The predicted octanol–water partition coefficient (Wildman–Crippen LogP) is 6.34. The molecule has 3 nitrogen and oxygen atoms in total. The number of hydrogen-bond donors (Lipinski definition) is 1. The first-order valence-electron chi connectivity index (χ1n) is 9.38. The fourth-order valence-electron chi connectivity index (χ4n) is 3.51. The van der Waals surface area contributed by atoms with Gasteiger partial charge in [0.25, 0.3) is 0 Å². The molecule has 0 fully saturated rings. The summed E-state index contributed by atoms with van der Waals surface area (Å²) in [6.07, 6.45) is 1.07. The summed E-state index contributed by atoms with van der Waals surface area (Å²) in [5.41, 5.74) is 2.48. The molecular formula is C23H32BrNO2. The Morgan fingerprint density at radius 2 is 1.63 bits per heavy atom. The second kappa shape index (κ2) is 9.11. The molecule has 2 aromatic rings. The molecular weight excluding hydrogens is 402 g/mol. The molecule has 0 aliphatic heterocycles. The lowest BCUT2D eigenvalue weighted by Crippen LogP contribution is -2.42. The molecule has 0 saturated heterocycles. The Balaban J connectivity index is 2.21. The van der Waals surface area contributed by atoms with Gasteiger partial charge < -0.3 is 14.8 Å². The second-order valence-corrected chi connectivity index (χ2v) is 9.66. The fourth-order valence-corrected chi connectivity index (χ4v) is 3.96. The highest BCUT2D eigenvalue weighted by Crippen LogP contribution is 2.37. The SMILES string of the molecule is COc1ccc(Br)c(CNC(C)(C)CC(C)(C)C)c1OCc1ccccc1. The topological polar surface area (TPSA) is 30.5 Å². The van der Waals surface area contributed by atoms with E-state index in [9.17, 15) is 0 Å². The summed E-state index contributed by atoms with van der Waals surface area (Å²) in [5, 5.41) is 3.70. The van der Waals surface area contributed by atoms with E-state index < -0.39 is 0 Å². The van der Waals surface area contributed by atoms with Crippen LogP contribution in [-0.2, 0) is 13.2 Å². The molecule has 0 saturated carbocycles. The van der Waals surface area contributed by atoms with Gasteiger partial charge in [0.05, 0.1) is 7.11 Å². The highest BCUT2D eigenvalue weighted by molar-refractivity contribution is 9.10. The summed E-state index contributed by atoms with van der Waals surface area (Å²) in [6.45, 7) is 12.5. The highest BCUT2D eigenvalue weighted by Gasteiger charge is 2.26. The van der Waals surface area contributed by atoms with Crippen LogP contribution in [0.4, 0.5) is 0 Å². The molecule has 0 radical (unpaired) electrons. The van der Waals surface area contributed by atoms with Crippen LogP contribution in [0.2, 0.25) is 0 Å². The average Bonchev–Trinajstić information content (AvgIpc) is 2.58. The van der Waals surface area contributed by atoms with Gasteiger partial charge in [-0.15, -0.1) is 0 Å². The molecule has 0 spiro atoms. The largest absolute Gasteiger partial charge is 0.493 e. The number of halogens is 1. The van der Waals surface area contributed by atoms with Crippen LogP contribution < -0.4 is 14.8 Å². The smallest absolute Gasteiger partial charge is 0.167 e. The fraction of sp³-hybridized carbons (Fsp3) is 0.478. The predicted molar refractivity (Wildman–Crippen MR) is 116 cm³/mol. The van der Waals surface area contributed by atoms with Crippen molar-refractivity contribution in [3.05, 3.63) is 58.1 Å². The number of nitrogens with one attached hydrogen (secondary N) is 1. The minimum atomic E-state index is 0.0114. The summed E-state index contributed by atoms with van der Waals surface area (Å²) in [7, 11) is 1.68. The summed E-state index contributed by atoms with van der Waals surface area (Å²) in [4.78, 5) is 0. The van der Waals surface area contributed by atoms with Gasteiger partial charge in [-0.1, -0.05) is 67.0 Å². The Kier molecular flexibility index (Phi) is 7.35.